The Hall–Kier alpha value is -2.30. The van der Waals surface area contributed by atoms with E-state index in [2.05, 4.69) is 5.32 Å². The van der Waals surface area contributed by atoms with Crippen LogP contribution in [0.3, 0.4) is 0 Å². The maximum Gasteiger partial charge on any atom is 0.337 e. The summed E-state index contributed by atoms with van der Waals surface area (Å²) < 4.78 is 10.5. The summed E-state index contributed by atoms with van der Waals surface area (Å²) in [5.74, 6) is 0.0215. The highest BCUT2D eigenvalue weighted by Gasteiger charge is 2.47. The first-order valence-electron chi connectivity index (χ1n) is 6.84. The molecule has 2 aliphatic rings. The van der Waals surface area contributed by atoms with Crippen molar-refractivity contribution in [1.29, 1.82) is 0 Å². The highest BCUT2D eigenvalue weighted by molar-refractivity contribution is 5.99. The predicted octanol–water partition coefficient (Wildman–Crippen LogP) is 1.89. The summed E-state index contributed by atoms with van der Waals surface area (Å²) in [6.45, 7) is 3.56. The molecule has 0 aliphatic carbocycles. The Bertz CT molecular complexity index is 643. The first-order chi connectivity index (χ1) is 9.92. The van der Waals surface area contributed by atoms with Gasteiger partial charge in [0.05, 0.1) is 18.4 Å². The fraction of sp³-hybridized carbons (Fsp3) is 0.375. The van der Waals surface area contributed by atoms with Crippen molar-refractivity contribution in [1.82, 2.24) is 5.32 Å². The fourth-order valence-corrected chi connectivity index (χ4v) is 2.90. The summed E-state index contributed by atoms with van der Waals surface area (Å²) >= 11 is 0. The molecule has 1 N–H and O–H groups in total. The van der Waals surface area contributed by atoms with E-state index in [0.717, 1.165) is 11.3 Å². The average Bonchev–Trinajstić information content (AvgIpc) is 2.68. The van der Waals surface area contributed by atoms with Gasteiger partial charge in [0.2, 0.25) is 5.91 Å². The van der Waals surface area contributed by atoms with Gasteiger partial charge >= 0.3 is 5.97 Å². The lowest BCUT2D eigenvalue weighted by Crippen LogP contribution is -2.38. The Balaban J connectivity index is 2.06. The summed E-state index contributed by atoms with van der Waals surface area (Å²) in [5.41, 5.74) is 1.27. The van der Waals surface area contributed by atoms with Crippen molar-refractivity contribution in [3.63, 3.8) is 0 Å². The van der Waals surface area contributed by atoms with Gasteiger partial charge in [-0.05, 0) is 31.5 Å². The fourth-order valence-electron chi connectivity index (χ4n) is 2.90. The summed E-state index contributed by atoms with van der Waals surface area (Å²) in [7, 11) is 1.60. The molecule has 0 unspecified atom stereocenters. The van der Waals surface area contributed by atoms with E-state index in [9.17, 15) is 9.59 Å². The molecule has 0 saturated heterocycles. The summed E-state index contributed by atoms with van der Waals surface area (Å²) in [4.78, 5) is 24.2. The molecular weight excluding hydrogens is 270 g/mol. The highest BCUT2D eigenvalue weighted by Crippen LogP contribution is 2.42. The van der Waals surface area contributed by atoms with Crippen molar-refractivity contribution in [2.24, 2.45) is 0 Å². The number of amides is 1. The predicted molar refractivity (Wildman–Crippen MR) is 75.7 cm³/mol. The lowest BCUT2D eigenvalue weighted by molar-refractivity contribution is -0.144. The molecule has 0 spiro atoms. The number of esters is 1. The number of ether oxygens (including phenoxy) is 2. The lowest BCUT2D eigenvalue weighted by atomic mass is 9.83. The van der Waals surface area contributed by atoms with Crippen molar-refractivity contribution in [2.75, 3.05) is 7.11 Å². The third-order valence-electron chi connectivity index (χ3n) is 3.96. The number of hydrogen-bond donors (Lipinski definition) is 1. The van der Waals surface area contributed by atoms with E-state index >= 15 is 0 Å². The second kappa shape index (κ2) is 4.62. The number of methoxy groups -OCH3 is 1. The Kier molecular flexibility index (Phi) is 3.01. The summed E-state index contributed by atoms with van der Waals surface area (Å²) in [6.07, 6.45) is 0.246. The van der Waals surface area contributed by atoms with Crippen LogP contribution in [0.2, 0.25) is 0 Å². The lowest BCUT2D eigenvalue weighted by Gasteiger charge is -2.27. The van der Waals surface area contributed by atoms with E-state index < -0.39 is 5.60 Å². The topological polar surface area (TPSA) is 64.6 Å². The van der Waals surface area contributed by atoms with Crippen molar-refractivity contribution in [3.05, 3.63) is 41.1 Å². The van der Waals surface area contributed by atoms with Gasteiger partial charge in [0.25, 0.3) is 0 Å². The molecule has 1 aromatic rings. The first kappa shape index (κ1) is 13.7. The monoisotopic (exact) mass is 287 g/mol. The van der Waals surface area contributed by atoms with E-state index in [4.69, 9.17) is 9.47 Å². The van der Waals surface area contributed by atoms with Crippen molar-refractivity contribution in [2.45, 2.75) is 31.8 Å². The first-order valence-corrected chi connectivity index (χ1v) is 6.84. The van der Waals surface area contributed by atoms with Gasteiger partial charge in [0.15, 0.2) is 0 Å². The summed E-state index contributed by atoms with van der Waals surface area (Å²) in [5, 5.41) is 2.79. The van der Waals surface area contributed by atoms with Crippen LogP contribution in [0, 0.1) is 0 Å². The number of carbonyl (C=O) groups is 2. The number of nitrogens with one attached hydrogen (secondary N) is 1. The van der Waals surface area contributed by atoms with E-state index in [1.165, 1.54) is 0 Å². The van der Waals surface area contributed by atoms with Crippen LogP contribution in [-0.2, 0) is 14.3 Å². The van der Waals surface area contributed by atoms with E-state index in [1.807, 2.05) is 24.3 Å². The number of cyclic esters (lactones) is 1. The van der Waals surface area contributed by atoms with Crippen LogP contribution >= 0.6 is 0 Å². The molecule has 2 aliphatic heterocycles. The molecule has 0 saturated carbocycles. The smallest absolute Gasteiger partial charge is 0.337 e. The minimum atomic E-state index is -0.785. The summed E-state index contributed by atoms with van der Waals surface area (Å²) in [6, 6.07) is 7.41. The maximum atomic E-state index is 12.2. The molecule has 21 heavy (non-hydrogen) atoms. The minimum absolute atomic E-state index is 0.0963. The normalized spacial score (nSPS) is 23.5. The van der Waals surface area contributed by atoms with Gasteiger partial charge in [-0.2, -0.15) is 0 Å². The number of hydrogen-bond acceptors (Lipinski definition) is 4. The second-order valence-electron chi connectivity index (χ2n) is 5.77. The zero-order valence-corrected chi connectivity index (χ0v) is 12.2. The van der Waals surface area contributed by atoms with Crippen molar-refractivity contribution >= 4 is 11.9 Å². The van der Waals surface area contributed by atoms with Gasteiger partial charge in [-0.15, -0.1) is 0 Å². The second-order valence-corrected chi connectivity index (χ2v) is 5.77. The molecule has 1 amide bonds. The zero-order valence-electron chi connectivity index (χ0n) is 12.2. The molecule has 5 heteroatoms. The van der Waals surface area contributed by atoms with E-state index in [1.54, 1.807) is 21.0 Å². The van der Waals surface area contributed by atoms with Crippen LogP contribution < -0.4 is 10.1 Å². The van der Waals surface area contributed by atoms with Gasteiger partial charge in [0, 0.05) is 12.3 Å². The third kappa shape index (κ3) is 2.18. The molecule has 0 aromatic heterocycles. The number of rotatable bonds is 2. The highest BCUT2D eigenvalue weighted by atomic mass is 16.6. The number of benzene rings is 1. The largest absolute Gasteiger partial charge is 0.497 e. The number of carbonyl (C=O) groups excluding carboxylic acids is 2. The minimum Gasteiger partial charge on any atom is -0.497 e. The molecule has 0 fully saturated rings. The van der Waals surface area contributed by atoms with Crippen LogP contribution in [0.15, 0.2) is 35.5 Å². The Labute approximate surface area is 122 Å². The molecule has 0 radical (unpaired) electrons. The molecule has 5 nitrogen and oxygen atoms in total. The quantitative estimate of drug-likeness (QED) is 0.844. The molecule has 0 bridgehead atoms. The molecule has 3 rings (SSSR count). The van der Waals surface area contributed by atoms with Gasteiger partial charge < -0.3 is 14.8 Å². The van der Waals surface area contributed by atoms with Crippen molar-refractivity contribution < 1.29 is 19.1 Å². The van der Waals surface area contributed by atoms with Crippen molar-refractivity contribution in [3.8, 4) is 5.75 Å². The van der Waals surface area contributed by atoms with Crippen LogP contribution in [0.4, 0.5) is 0 Å². The van der Waals surface area contributed by atoms with Crippen LogP contribution in [0.1, 0.15) is 31.7 Å². The molecule has 2 heterocycles. The van der Waals surface area contributed by atoms with Gasteiger partial charge in [-0.3, -0.25) is 4.79 Å². The van der Waals surface area contributed by atoms with Gasteiger partial charge in [-0.25, -0.2) is 4.79 Å². The third-order valence-corrected chi connectivity index (χ3v) is 3.96. The van der Waals surface area contributed by atoms with E-state index in [-0.39, 0.29) is 24.2 Å². The zero-order chi connectivity index (χ0) is 15.2. The molecule has 1 atom stereocenters. The maximum absolute atomic E-state index is 12.2. The van der Waals surface area contributed by atoms with Crippen LogP contribution in [0.25, 0.3) is 0 Å². The van der Waals surface area contributed by atoms with Crippen LogP contribution in [0.5, 0.6) is 5.75 Å². The van der Waals surface area contributed by atoms with E-state index in [0.29, 0.717) is 11.3 Å². The molecular formula is C16H17NO4. The SMILES string of the molecule is COc1ccc([C@@H]2CC(=O)NC3=C2C(=O)OC3(C)C)cc1. The van der Waals surface area contributed by atoms with Gasteiger partial charge in [0.1, 0.15) is 11.4 Å². The Morgan fingerprint density at radius 1 is 1.24 bits per heavy atom. The Morgan fingerprint density at radius 3 is 2.52 bits per heavy atom. The average molecular weight is 287 g/mol. The van der Waals surface area contributed by atoms with Gasteiger partial charge in [-0.1, -0.05) is 12.1 Å². The Morgan fingerprint density at radius 2 is 1.90 bits per heavy atom. The van der Waals surface area contributed by atoms with Crippen LogP contribution in [-0.4, -0.2) is 24.6 Å². The standard InChI is InChI=1S/C16H17NO4/c1-16(2)14-13(15(19)21-16)11(8-12(18)17-14)9-4-6-10(20-3)7-5-9/h4-7,11H,8H2,1-3H3,(H,17,18)/t11-/m0/s1. The molecule has 1 aromatic carbocycles. The molecule has 110 valence electrons.